The molecule has 3 nitrogen and oxygen atoms in total. The summed E-state index contributed by atoms with van der Waals surface area (Å²) in [5.41, 5.74) is 9.97. The van der Waals surface area contributed by atoms with Crippen LogP contribution >= 0.6 is 0 Å². The SMILES string of the molecule is CC1CCC(CN)(NN2CCCCC2)CC1. The van der Waals surface area contributed by atoms with Crippen molar-refractivity contribution in [1.82, 2.24) is 10.4 Å². The summed E-state index contributed by atoms with van der Waals surface area (Å²) in [5, 5.41) is 2.42. The standard InChI is InChI=1S/C13H27N3/c1-12-5-7-13(11-14,8-6-12)15-16-9-3-2-4-10-16/h12,15H,2-11,14H2,1H3. The largest absolute Gasteiger partial charge is 0.329 e. The Kier molecular flexibility index (Phi) is 4.22. The normalized spacial score (nSPS) is 37.5. The molecule has 0 amide bonds. The lowest BCUT2D eigenvalue weighted by atomic mass is 9.77. The molecule has 2 rings (SSSR count). The molecule has 1 saturated carbocycles. The average molecular weight is 225 g/mol. The molecule has 1 saturated heterocycles. The van der Waals surface area contributed by atoms with E-state index in [-0.39, 0.29) is 5.54 Å². The highest BCUT2D eigenvalue weighted by molar-refractivity contribution is 4.92. The summed E-state index contributed by atoms with van der Waals surface area (Å²) in [6.07, 6.45) is 9.23. The van der Waals surface area contributed by atoms with Crippen molar-refractivity contribution < 1.29 is 0 Å². The lowest BCUT2D eigenvalue weighted by Crippen LogP contribution is -2.60. The molecule has 1 aliphatic carbocycles. The summed E-state index contributed by atoms with van der Waals surface area (Å²) in [7, 11) is 0. The molecule has 0 bridgehead atoms. The van der Waals surface area contributed by atoms with E-state index in [1.807, 2.05) is 0 Å². The number of hydrogen-bond donors (Lipinski definition) is 2. The third kappa shape index (κ3) is 2.96. The van der Waals surface area contributed by atoms with Crippen LogP contribution in [0.2, 0.25) is 0 Å². The van der Waals surface area contributed by atoms with Crippen LogP contribution in [0.4, 0.5) is 0 Å². The fraction of sp³-hybridized carbons (Fsp3) is 1.00. The van der Waals surface area contributed by atoms with Gasteiger partial charge in [-0.15, -0.1) is 0 Å². The molecule has 0 unspecified atom stereocenters. The van der Waals surface area contributed by atoms with E-state index in [0.29, 0.717) is 0 Å². The molecule has 2 fully saturated rings. The Morgan fingerprint density at radius 1 is 1.19 bits per heavy atom. The van der Waals surface area contributed by atoms with Gasteiger partial charge in [0.1, 0.15) is 0 Å². The minimum absolute atomic E-state index is 0.212. The van der Waals surface area contributed by atoms with E-state index in [0.717, 1.165) is 12.5 Å². The smallest absolute Gasteiger partial charge is 0.0448 e. The molecule has 0 spiro atoms. The van der Waals surface area contributed by atoms with E-state index < -0.39 is 0 Å². The van der Waals surface area contributed by atoms with Gasteiger partial charge in [0.2, 0.25) is 0 Å². The molecule has 2 aliphatic rings. The minimum atomic E-state index is 0.212. The van der Waals surface area contributed by atoms with Crippen LogP contribution in [0.5, 0.6) is 0 Å². The average Bonchev–Trinajstić information content (AvgIpc) is 2.34. The quantitative estimate of drug-likeness (QED) is 0.770. The van der Waals surface area contributed by atoms with Gasteiger partial charge in [0.25, 0.3) is 0 Å². The molecule has 1 aliphatic heterocycles. The Hall–Kier alpha value is -0.120. The van der Waals surface area contributed by atoms with Gasteiger partial charge in [0.05, 0.1) is 0 Å². The van der Waals surface area contributed by atoms with Crippen molar-refractivity contribution >= 4 is 0 Å². The van der Waals surface area contributed by atoms with Crippen molar-refractivity contribution in [3.8, 4) is 0 Å². The Bertz CT molecular complexity index is 203. The fourth-order valence-electron chi connectivity index (χ4n) is 3.02. The molecule has 1 heterocycles. The van der Waals surface area contributed by atoms with Gasteiger partial charge >= 0.3 is 0 Å². The molecule has 0 aromatic carbocycles. The second-order valence-corrected chi connectivity index (χ2v) is 5.83. The first-order valence-electron chi connectivity index (χ1n) is 6.97. The summed E-state index contributed by atoms with van der Waals surface area (Å²) in [6, 6.07) is 0. The zero-order valence-electron chi connectivity index (χ0n) is 10.7. The molecule has 16 heavy (non-hydrogen) atoms. The molecule has 0 atom stereocenters. The number of nitrogens with two attached hydrogens (primary N) is 1. The maximum absolute atomic E-state index is 6.01. The lowest BCUT2D eigenvalue weighted by molar-refractivity contribution is 0.0538. The Morgan fingerprint density at radius 2 is 1.81 bits per heavy atom. The Balaban J connectivity index is 1.88. The van der Waals surface area contributed by atoms with E-state index in [9.17, 15) is 0 Å². The van der Waals surface area contributed by atoms with Crippen molar-refractivity contribution in [2.45, 2.75) is 57.4 Å². The van der Waals surface area contributed by atoms with Crippen molar-refractivity contribution in [2.24, 2.45) is 11.7 Å². The zero-order chi connectivity index (χ0) is 11.4. The first-order valence-corrected chi connectivity index (χ1v) is 6.97. The maximum atomic E-state index is 6.01. The topological polar surface area (TPSA) is 41.3 Å². The van der Waals surface area contributed by atoms with E-state index in [2.05, 4.69) is 17.4 Å². The van der Waals surface area contributed by atoms with Crippen LogP contribution in [-0.4, -0.2) is 30.2 Å². The fourth-order valence-corrected chi connectivity index (χ4v) is 3.02. The maximum Gasteiger partial charge on any atom is 0.0448 e. The van der Waals surface area contributed by atoms with Gasteiger partial charge < -0.3 is 5.73 Å². The number of piperidine rings is 1. The highest BCUT2D eigenvalue weighted by atomic mass is 15.5. The van der Waals surface area contributed by atoms with Crippen LogP contribution in [0.3, 0.4) is 0 Å². The second-order valence-electron chi connectivity index (χ2n) is 5.83. The van der Waals surface area contributed by atoms with E-state index >= 15 is 0 Å². The van der Waals surface area contributed by atoms with E-state index in [4.69, 9.17) is 5.73 Å². The highest BCUT2D eigenvalue weighted by Crippen LogP contribution is 2.31. The van der Waals surface area contributed by atoms with Gasteiger partial charge in [-0.2, -0.15) is 0 Å². The Morgan fingerprint density at radius 3 is 2.38 bits per heavy atom. The van der Waals surface area contributed by atoms with Crippen LogP contribution in [0.15, 0.2) is 0 Å². The molecular formula is C13H27N3. The van der Waals surface area contributed by atoms with Crippen molar-refractivity contribution in [1.29, 1.82) is 0 Å². The highest BCUT2D eigenvalue weighted by Gasteiger charge is 2.34. The molecule has 94 valence electrons. The number of rotatable bonds is 3. The third-order valence-electron chi connectivity index (χ3n) is 4.37. The third-order valence-corrected chi connectivity index (χ3v) is 4.37. The summed E-state index contributed by atoms with van der Waals surface area (Å²) < 4.78 is 0. The number of nitrogens with zero attached hydrogens (tertiary/aromatic N) is 1. The summed E-state index contributed by atoms with van der Waals surface area (Å²) in [6.45, 7) is 5.56. The van der Waals surface area contributed by atoms with Crippen LogP contribution in [0, 0.1) is 5.92 Å². The number of hydrazine groups is 1. The van der Waals surface area contributed by atoms with Crippen LogP contribution in [0.1, 0.15) is 51.9 Å². The van der Waals surface area contributed by atoms with Gasteiger partial charge in [-0.25, -0.2) is 10.4 Å². The van der Waals surface area contributed by atoms with Crippen molar-refractivity contribution in [3.05, 3.63) is 0 Å². The zero-order valence-corrected chi connectivity index (χ0v) is 10.7. The van der Waals surface area contributed by atoms with Gasteiger partial charge in [-0.1, -0.05) is 13.3 Å². The number of hydrogen-bond acceptors (Lipinski definition) is 3. The van der Waals surface area contributed by atoms with Gasteiger partial charge in [0, 0.05) is 25.2 Å². The van der Waals surface area contributed by atoms with E-state index in [1.165, 1.54) is 58.0 Å². The molecule has 3 N–H and O–H groups in total. The summed E-state index contributed by atoms with van der Waals surface area (Å²) >= 11 is 0. The lowest BCUT2D eigenvalue weighted by Gasteiger charge is -2.44. The molecule has 0 aromatic rings. The second kappa shape index (κ2) is 5.48. The first kappa shape index (κ1) is 12.3. The predicted molar refractivity (Wildman–Crippen MR) is 68.0 cm³/mol. The van der Waals surface area contributed by atoms with Crippen LogP contribution < -0.4 is 11.2 Å². The van der Waals surface area contributed by atoms with Gasteiger partial charge in [-0.3, -0.25) is 0 Å². The van der Waals surface area contributed by atoms with Crippen LogP contribution in [-0.2, 0) is 0 Å². The predicted octanol–water partition coefficient (Wildman–Crippen LogP) is 1.88. The van der Waals surface area contributed by atoms with Crippen molar-refractivity contribution in [2.75, 3.05) is 19.6 Å². The number of nitrogens with one attached hydrogen (secondary N) is 1. The van der Waals surface area contributed by atoms with Gasteiger partial charge in [0.15, 0.2) is 0 Å². The van der Waals surface area contributed by atoms with Gasteiger partial charge in [-0.05, 0) is 44.4 Å². The first-order chi connectivity index (χ1) is 7.74. The monoisotopic (exact) mass is 225 g/mol. The Labute approximate surface area is 99.7 Å². The van der Waals surface area contributed by atoms with E-state index in [1.54, 1.807) is 0 Å². The molecular weight excluding hydrogens is 198 g/mol. The summed E-state index contributed by atoms with van der Waals surface area (Å²) in [5.74, 6) is 0.892. The molecule has 0 radical (unpaired) electrons. The van der Waals surface area contributed by atoms with Crippen LogP contribution in [0.25, 0.3) is 0 Å². The summed E-state index contributed by atoms with van der Waals surface area (Å²) in [4.78, 5) is 0. The molecule has 3 heteroatoms. The van der Waals surface area contributed by atoms with Crippen molar-refractivity contribution in [3.63, 3.8) is 0 Å². The minimum Gasteiger partial charge on any atom is -0.329 e. The molecule has 0 aromatic heterocycles.